The number of methoxy groups -OCH3 is 1. The Balaban J connectivity index is 0.00000225. The first-order valence-electron chi connectivity index (χ1n) is 5.70. The summed E-state index contributed by atoms with van der Waals surface area (Å²) in [5.74, 6) is 0.179. The highest BCUT2D eigenvalue weighted by Crippen LogP contribution is 2.19. The number of piperidine rings is 1. The van der Waals surface area contributed by atoms with E-state index in [-0.39, 0.29) is 30.4 Å². The number of nitrogens with two attached hydrogens (primary N) is 1. The smallest absolute Gasteiger partial charge is 0.225 e. The number of hydrogen-bond acceptors (Lipinski definition) is 3. The highest BCUT2D eigenvalue weighted by atomic mass is 35.5. The van der Waals surface area contributed by atoms with Crippen molar-refractivity contribution in [1.29, 1.82) is 0 Å². The molecule has 0 radical (unpaired) electrons. The molecule has 1 saturated heterocycles. The molecule has 0 bridgehead atoms. The molecule has 2 N–H and O–H groups in total. The zero-order valence-corrected chi connectivity index (χ0v) is 11.0. The molecular formula is C11H23ClN2O2. The van der Waals surface area contributed by atoms with Gasteiger partial charge in [0.05, 0.1) is 13.0 Å². The van der Waals surface area contributed by atoms with Crippen LogP contribution in [-0.4, -0.2) is 43.2 Å². The summed E-state index contributed by atoms with van der Waals surface area (Å²) in [5, 5.41) is 0. The Kier molecular flexibility index (Phi) is 7.72. The first-order valence-corrected chi connectivity index (χ1v) is 5.70. The quantitative estimate of drug-likeness (QED) is 0.815. The van der Waals surface area contributed by atoms with Crippen LogP contribution in [0.2, 0.25) is 0 Å². The number of rotatable bonds is 4. The molecular weight excluding hydrogens is 228 g/mol. The average molecular weight is 251 g/mol. The molecule has 1 aliphatic rings. The molecule has 96 valence electrons. The average Bonchev–Trinajstić information content (AvgIpc) is 2.25. The SMILES string of the molecule is COCCC(=O)N1CCCCC1C(C)N.Cl. The largest absolute Gasteiger partial charge is 0.384 e. The minimum absolute atomic E-state index is 0. The summed E-state index contributed by atoms with van der Waals surface area (Å²) in [4.78, 5) is 13.8. The maximum Gasteiger partial charge on any atom is 0.225 e. The lowest BCUT2D eigenvalue weighted by Gasteiger charge is -2.38. The fourth-order valence-corrected chi connectivity index (χ4v) is 2.15. The Bertz CT molecular complexity index is 212. The lowest BCUT2D eigenvalue weighted by Crippen LogP contribution is -2.51. The van der Waals surface area contributed by atoms with Crippen LogP contribution in [0.4, 0.5) is 0 Å². The van der Waals surface area contributed by atoms with Crippen molar-refractivity contribution in [2.45, 2.75) is 44.7 Å². The zero-order valence-electron chi connectivity index (χ0n) is 10.1. The highest BCUT2D eigenvalue weighted by molar-refractivity contribution is 5.85. The van der Waals surface area contributed by atoms with Gasteiger partial charge in [0.2, 0.25) is 5.91 Å². The van der Waals surface area contributed by atoms with Crippen molar-refractivity contribution in [3.63, 3.8) is 0 Å². The van der Waals surface area contributed by atoms with Crippen LogP contribution in [-0.2, 0) is 9.53 Å². The molecule has 0 saturated carbocycles. The second-order valence-electron chi connectivity index (χ2n) is 4.25. The van der Waals surface area contributed by atoms with Gasteiger partial charge in [-0.05, 0) is 26.2 Å². The summed E-state index contributed by atoms with van der Waals surface area (Å²) < 4.78 is 4.92. The topological polar surface area (TPSA) is 55.6 Å². The lowest BCUT2D eigenvalue weighted by atomic mass is 9.96. The molecule has 0 aromatic carbocycles. The summed E-state index contributed by atoms with van der Waals surface area (Å²) in [6.07, 6.45) is 3.79. The van der Waals surface area contributed by atoms with Crippen LogP contribution in [0.1, 0.15) is 32.6 Å². The van der Waals surface area contributed by atoms with E-state index in [0.29, 0.717) is 13.0 Å². The molecule has 1 aliphatic heterocycles. The van der Waals surface area contributed by atoms with Gasteiger partial charge >= 0.3 is 0 Å². The van der Waals surface area contributed by atoms with Gasteiger partial charge in [-0.15, -0.1) is 12.4 Å². The van der Waals surface area contributed by atoms with Crippen molar-refractivity contribution < 1.29 is 9.53 Å². The van der Waals surface area contributed by atoms with Gasteiger partial charge in [-0.1, -0.05) is 0 Å². The van der Waals surface area contributed by atoms with Gasteiger partial charge in [0, 0.05) is 25.7 Å². The van der Waals surface area contributed by atoms with Crippen molar-refractivity contribution in [1.82, 2.24) is 4.90 Å². The molecule has 0 aromatic heterocycles. The monoisotopic (exact) mass is 250 g/mol. The summed E-state index contributed by atoms with van der Waals surface area (Å²) in [7, 11) is 1.62. The molecule has 2 unspecified atom stereocenters. The van der Waals surface area contributed by atoms with Crippen molar-refractivity contribution >= 4 is 18.3 Å². The number of halogens is 1. The Morgan fingerprint density at radius 3 is 2.81 bits per heavy atom. The van der Waals surface area contributed by atoms with Gasteiger partial charge in [-0.25, -0.2) is 0 Å². The third-order valence-electron chi connectivity index (χ3n) is 3.00. The predicted molar refractivity (Wildman–Crippen MR) is 66.7 cm³/mol. The first-order chi connectivity index (χ1) is 7.16. The van der Waals surface area contributed by atoms with Crippen LogP contribution in [0.25, 0.3) is 0 Å². The molecule has 2 atom stereocenters. The Labute approximate surface area is 104 Å². The van der Waals surface area contributed by atoms with E-state index >= 15 is 0 Å². The minimum Gasteiger partial charge on any atom is -0.384 e. The Hall–Kier alpha value is -0.320. The van der Waals surface area contributed by atoms with E-state index in [0.717, 1.165) is 19.4 Å². The fourth-order valence-electron chi connectivity index (χ4n) is 2.15. The van der Waals surface area contributed by atoms with E-state index < -0.39 is 0 Å². The molecule has 4 nitrogen and oxygen atoms in total. The maximum absolute atomic E-state index is 11.9. The van der Waals surface area contributed by atoms with Crippen LogP contribution in [0.15, 0.2) is 0 Å². The predicted octanol–water partition coefficient (Wildman–Crippen LogP) is 1.17. The molecule has 0 spiro atoms. The lowest BCUT2D eigenvalue weighted by molar-refractivity contribution is -0.136. The van der Waals surface area contributed by atoms with E-state index in [2.05, 4.69) is 0 Å². The summed E-state index contributed by atoms with van der Waals surface area (Å²) >= 11 is 0. The number of carbonyl (C=O) groups excluding carboxylic acids is 1. The molecule has 1 heterocycles. The van der Waals surface area contributed by atoms with Gasteiger partial charge in [0.25, 0.3) is 0 Å². The third-order valence-corrected chi connectivity index (χ3v) is 3.00. The van der Waals surface area contributed by atoms with Crippen LogP contribution in [0, 0.1) is 0 Å². The van der Waals surface area contributed by atoms with E-state index in [4.69, 9.17) is 10.5 Å². The molecule has 16 heavy (non-hydrogen) atoms. The van der Waals surface area contributed by atoms with Crippen molar-refractivity contribution in [3.05, 3.63) is 0 Å². The van der Waals surface area contributed by atoms with Crippen molar-refractivity contribution in [2.75, 3.05) is 20.3 Å². The van der Waals surface area contributed by atoms with Gasteiger partial charge in [-0.2, -0.15) is 0 Å². The van der Waals surface area contributed by atoms with E-state index in [1.807, 2.05) is 11.8 Å². The summed E-state index contributed by atoms with van der Waals surface area (Å²) in [5.41, 5.74) is 5.90. The number of hydrogen-bond donors (Lipinski definition) is 1. The fraction of sp³-hybridized carbons (Fsp3) is 0.909. The maximum atomic E-state index is 11.9. The second kappa shape index (κ2) is 7.87. The number of carbonyl (C=O) groups is 1. The molecule has 1 fully saturated rings. The van der Waals surface area contributed by atoms with Gasteiger partial charge in [-0.3, -0.25) is 4.79 Å². The first kappa shape index (κ1) is 15.7. The highest BCUT2D eigenvalue weighted by Gasteiger charge is 2.28. The van der Waals surface area contributed by atoms with Crippen LogP contribution < -0.4 is 5.73 Å². The van der Waals surface area contributed by atoms with E-state index in [9.17, 15) is 4.79 Å². The Morgan fingerprint density at radius 2 is 2.25 bits per heavy atom. The third kappa shape index (κ3) is 4.28. The van der Waals surface area contributed by atoms with Crippen molar-refractivity contribution in [3.8, 4) is 0 Å². The van der Waals surface area contributed by atoms with Crippen molar-refractivity contribution in [2.24, 2.45) is 5.73 Å². The molecule has 1 amide bonds. The van der Waals surface area contributed by atoms with E-state index in [1.165, 1.54) is 6.42 Å². The number of amides is 1. The Morgan fingerprint density at radius 1 is 1.56 bits per heavy atom. The van der Waals surface area contributed by atoms with Crippen LogP contribution in [0.3, 0.4) is 0 Å². The number of nitrogens with zero attached hydrogens (tertiary/aromatic N) is 1. The molecule has 0 aromatic rings. The van der Waals surface area contributed by atoms with Crippen LogP contribution >= 0.6 is 12.4 Å². The normalized spacial score (nSPS) is 22.4. The summed E-state index contributed by atoms with van der Waals surface area (Å²) in [6.45, 7) is 3.34. The van der Waals surface area contributed by atoms with Gasteiger partial charge < -0.3 is 15.4 Å². The number of ether oxygens (including phenoxy) is 1. The molecule has 5 heteroatoms. The zero-order chi connectivity index (χ0) is 11.3. The minimum atomic E-state index is 0. The second-order valence-corrected chi connectivity index (χ2v) is 4.25. The number of likely N-dealkylation sites (tertiary alicyclic amines) is 1. The van der Waals surface area contributed by atoms with Gasteiger partial charge in [0.15, 0.2) is 0 Å². The van der Waals surface area contributed by atoms with Crippen LogP contribution in [0.5, 0.6) is 0 Å². The summed E-state index contributed by atoms with van der Waals surface area (Å²) in [6, 6.07) is 0.292. The standard InChI is InChI=1S/C11H22N2O2.ClH/c1-9(12)10-5-3-4-7-13(10)11(14)6-8-15-2;/h9-10H,3-8,12H2,1-2H3;1H. The molecule has 0 aliphatic carbocycles. The van der Waals surface area contributed by atoms with Gasteiger partial charge in [0.1, 0.15) is 0 Å². The van der Waals surface area contributed by atoms with E-state index in [1.54, 1.807) is 7.11 Å². The molecule has 1 rings (SSSR count).